The second kappa shape index (κ2) is 9.17. The molecule has 0 bridgehead atoms. The Balaban J connectivity index is 1.47. The second-order valence-electron chi connectivity index (χ2n) is 7.03. The monoisotopic (exact) mass is 416 g/mol. The Morgan fingerprint density at radius 2 is 1.62 bits per heavy atom. The van der Waals surface area contributed by atoms with Gasteiger partial charge in [0.1, 0.15) is 0 Å². The molecule has 0 unspecified atom stereocenters. The number of carbonyl (C=O) groups is 2. The highest BCUT2D eigenvalue weighted by Gasteiger charge is 2.26. The second-order valence-corrected chi connectivity index (χ2v) is 8.59. The molecule has 2 amide bonds. The van der Waals surface area contributed by atoms with Gasteiger partial charge in [0.05, 0.1) is 11.4 Å². The summed E-state index contributed by atoms with van der Waals surface area (Å²) < 4.78 is 22.8. The zero-order chi connectivity index (χ0) is 20.9. The Morgan fingerprint density at radius 1 is 0.966 bits per heavy atom. The molecule has 0 aromatic heterocycles. The van der Waals surface area contributed by atoms with E-state index in [1.54, 1.807) is 6.07 Å². The largest absolute Gasteiger partial charge is 0.326 e. The molecule has 0 aliphatic carbocycles. The van der Waals surface area contributed by atoms with Gasteiger partial charge in [-0.3, -0.25) is 14.5 Å². The highest BCUT2D eigenvalue weighted by atomic mass is 32.2. The number of carbonyl (C=O) groups excluding carboxylic acids is 2. The zero-order valence-electron chi connectivity index (χ0n) is 15.9. The quantitative estimate of drug-likeness (QED) is 0.661. The van der Waals surface area contributed by atoms with Crippen LogP contribution >= 0.6 is 0 Å². The van der Waals surface area contributed by atoms with E-state index in [0.29, 0.717) is 31.6 Å². The highest BCUT2D eigenvalue weighted by Crippen LogP contribution is 2.20. The number of benzene rings is 2. The number of sulfonamides is 1. The van der Waals surface area contributed by atoms with Gasteiger partial charge in [-0.25, -0.2) is 13.6 Å². The molecule has 0 spiro atoms. The molecule has 0 radical (unpaired) electrons. The standard InChI is InChI=1S/C20H24N4O4S/c21-29(27,28)18-8-4-7-17(13-18)22-19(25)14-24-11-9-15(10-12-24)20(26)23-16-5-2-1-3-6-16/h1-8,13,15H,9-12,14H2,(H,22,25)(H,23,26)(H2,21,27,28). The van der Waals surface area contributed by atoms with Gasteiger partial charge in [0, 0.05) is 17.3 Å². The number of primary sulfonamides is 1. The maximum absolute atomic E-state index is 12.4. The van der Waals surface area contributed by atoms with Crippen LogP contribution in [0, 0.1) is 5.92 Å². The number of anilines is 2. The van der Waals surface area contributed by atoms with Crippen LogP contribution in [-0.4, -0.2) is 44.8 Å². The molecule has 1 heterocycles. The summed E-state index contributed by atoms with van der Waals surface area (Å²) in [7, 11) is -3.82. The summed E-state index contributed by atoms with van der Waals surface area (Å²) in [6, 6.07) is 15.2. The molecule has 9 heteroatoms. The first-order valence-electron chi connectivity index (χ1n) is 9.32. The third kappa shape index (κ3) is 6.11. The van der Waals surface area contributed by atoms with Gasteiger partial charge < -0.3 is 10.6 Å². The van der Waals surface area contributed by atoms with E-state index >= 15 is 0 Å². The average molecular weight is 417 g/mol. The van der Waals surface area contributed by atoms with E-state index in [-0.39, 0.29) is 29.2 Å². The Kier molecular flexibility index (Phi) is 6.63. The topological polar surface area (TPSA) is 122 Å². The van der Waals surface area contributed by atoms with Crippen molar-refractivity contribution in [2.75, 3.05) is 30.3 Å². The van der Waals surface area contributed by atoms with Crippen LogP contribution in [0.1, 0.15) is 12.8 Å². The van der Waals surface area contributed by atoms with Crippen molar-refractivity contribution < 1.29 is 18.0 Å². The van der Waals surface area contributed by atoms with E-state index in [4.69, 9.17) is 5.14 Å². The fourth-order valence-corrected chi connectivity index (χ4v) is 3.83. The number of nitrogens with one attached hydrogen (secondary N) is 2. The summed E-state index contributed by atoms with van der Waals surface area (Å²) >= 11 is 0. The summed E-state index contributed by atoms with van der Waals surface area (Å²) in [4.78, 5) is 26.6. The van der Waals surface area contributed by atoms with E-state index in [9.17, 15) is 18.0 Å². The number of likely N-dealkylation sites (tertiary alicyclic amines) is 1. The van der Waals surface area contributed by atoms with E-state index in [2.05, 4.69) is 10.6 Å². The third-order valence-corrected chi connectivity index (χ3v) is 5.72. The lowest BCUT2D eigenvalue weighted by atomic mass is 9.96. The van der Waals surface area contributed by atoms with Crippen LogP contribution in [0.5, 0.6) is 0 Å². The molecule has 1 saturated heterocycles. The lowest BCUT2D eigenvalue weighted by Crippen LogP contribution is -2.41. The molecule has 3 rings (SSSR count). The molecule has 0 atom stereocenters. The molecule has 4 N–H and O–H groups in total. The van der Waals surface area contributed by atoms with Crippen LogP contribution in [0.2, 0.25) is 0 Å². The number of nitrogens with zero attached hydrogens (tertiary/aromatic N) is 1. The molecule has 8 nitrogen and oxygen atoms in total. The smallest absolute Gasteiger partial charge is 0.238 e. The molecule has 29 heavy (non-hydrogen) atoms. The van der Waals surface area contributed by atoms with Crippen LogP contribution in [0.3, 0.4) is 0 Å². The van der Waals surface area contributed by atoms with Gasteiger partial charge in [0.15, 0.2) is 0 Å². The molecule has 154 valence electrons. The Hall–Kier alpha value is -2.75. The molecule has 2 aromatic rings. The lowest BCUT2D eigenvalue weighted by Gasteiger charge is -2.30. The summed E-state index contributed by atoms with van der Waals surface area (Å²) in [5.41, 5.74) is 1.15. The first kappa shape index (κ1) is 21.0. The number of hydrogen-bond donors (Lipinski definition) is 3. The third-order valence-electron chi connectivity index (χ3n) is 4.81. The predicted molar refractivity (Wildman–Crippen MR) is 111 cm³/mol. The summed E-state index contributed by atoms with van der Waals surface area (Å²) in [6.07, 6.45) is 1.35. The van der Waals surface area contributed by atoms with Gasteiger partial charge in [-0.05, 0) is 56.3 Å². The van der Waals surface area contributed by atoms with Crippen molar-refractivity contribution in [2.45, 2.75) is 17.7 Å². The van der Waals surface area contributed by atoms with Crippen molar-refractivity contribution >= 4 is 33.2 Å². The molecular formula is C20H24N4O4S. The summed E-state index contributed by atoms with van der Waals surface area (Å²) in [5, 5.41) is 10.7. The maximum Gasteiger partial charge on any atom is 0.238 e. The van der Waals surface area contributed by atoms with Gasteiger partial charge >= 0.3 is 0 Å². The van der Waals surface area contributed by atoms with Crippen molar-refractivity contribution in [1.82, 2.24) is 4.90 Å². The minimum Gasteiger partial charge on any atom is -0.326 e. The minimum absolute atomic E-state index is 0.000102. The molecule has 1 fully saturated rings. The minimum atomic E-state index is -3.82. The number of amides is 2. The molecule has 2 aromatic carbocycles. The fraction of sp³-hybridized carbons (Fsp3) is 0.300. The average Bonchev–Trinajstić information content (AvgIpc) is 2.69. The number of para-hydroxylation sites is 1. The van der Waals surface area contributed by atoms with Crippen LogP contribution in [0.15, 0.2) is 59.5 Å². The van der Waals surface area contributed by atoms with Crippen LogP contribution < -0.4 is 15.8 Å². The number of nitrogens with two attached hydrogens (primary N) is 1. The van der Waals surface area contributed by atoms with Crippen molar-refractivity contribution in [3.8, 4) is 0 Å². The van der Waals surface area contributed by atoms with Crippen molar-refractivity contribution in [2.24, 2.45) is 11.1 Å². The first-order valence-corrected chi connectivity index (χ1v) is 10.9. The highest BCUT2D eigenvalue weighted by molar-refractivity contribution is 7.89. The Labute approximate surface area is 170 Å². The summed E-state index contributed by atoms with van der Waals surface area (Å²) in [5.74, 6) is -0.329. The van der Waals surface area contributed by atoms with Gasteiger partial charge in [0.25, 0.3) is 0 Å². The molecule has 0 saturated carbocycles. The van der Waals surface area contributed by atoms with Gasteiger partial charge in [0.2, 0.25) is 21.8 Å². The van der Waals surface area contributed by atoms with Crippen LogP contribution in [0.25, 0.3) is 0 Å². The number of piperidine rings is 1. The Morgan fingerprint density at radius 3 is 2.28 bits per heavy atom. The van der Waals surface area contributed by atoms with Gasteiger partial charge in [-0.2, -0.15) is 0 Å². The van der Waals surface area contributed by atoms with Crippen LogP contribution in [-0.2, 0) is 19.6 Å². The van der Waals surface area contributed by atoms with Crippen molar-refractivity contribution in [1.29, 1.82) is 0 Å². The zero-order valence-corrected chi connectivity index (χ0v) is 16.7. The predicted octanol–water partition coefficient (Wildman–Crippen LogP) is 1.62. The SMILES string of the molecule is NS(=O)(=O)c1cccc(NC(=O)CN2CCC(C(=O)Nc3ccccc3)CC2)c1. The Bertz CT molecular complexity index is 971. The molecule has 1 aliphatic heterocycles. The number of rotatable bonds is 6. The van der Waals surface area contributed by atoms with E-state index in [1.165, 1.54) is 18.2 Å². The van der Waals surface area contributed by atoms with Gasteiger partial charge in [-0.1, -0.05) is 24.3 Å². The molecule has 1 aliphatic rings. The number of hydrogen-bond acceptors (Lipinski definition) is 5. The summed E-state index contributed by atoms with van der Waals surface area (Å²) in [6.45, 7) is 1.45. The maximum atomic E-state index is 12.4. The molecular weight excluding hydrogens is 392 g/mol. The van der Waals surface area contributed by atoms with Crippen molar-refractivity contribution in [3.63, 3.8) is 0 Å². The van der Waals surface area contributed by atoms with Crippen molar-refractivity contribution in [3.05, 3.63) is 54.6 Å². The van der Waals surface area contributed by atoms with E-state index in [1.807, 2.05) is 35.2 Å². The van der Waals surface area contributed by atoms with Gasteiger partial charge in [-0.15, -0.1) is 0 Å². The fourth-order valence-electron chi connectivity index (χ4n) is 3.27. The van der Waals surface area contributed by atoms with E-state index in [0.717, 1.165) is 5.69 Å². The first-order chi connectivity index (χ1) is 13.8. The van der Waals surface area contributed by atoms with Crippen LogP contribution in [0.4, 0.5) is 11.4 Å². The lowest BCUT2D eigenvalue weighted by molar-refractivity contribution is -0.121. The normalized spacial score (nSPS) is 15.6. The van der Waals surface area contributed by atoms with E-state index < -0.39 is 10.0 Å².